The van der Waals surface area contributed by atoms with E-state index in [1.165, 1.54) is 28.8 Å². The number of rotatable bonds is 8. The first-order chi connectivity index (χ1) is 15.5. The molecule has 0 radical (unpaired) electrons. The second-order valence-electron chi connectivity index (χ2n) is 8.15. The lowest BCUT2D eigenvalue weighted by Gasteiger charge is -2.17. The number of hydrogen-bond acceptors (Lipinski definition) is 5. The van der Waals surface area contributed by atoms with Gasteiger partial charge in [0.2, 0.25) is 5.91 Å². The molecule has 4 rings (SSSR count). The molecule has 1 atom stereocenters. The largest absolute Gasteiger partial charge is 0.355 e. The fourth-order valence-corrected chi connectivity index (χ4v) is 6.25. The molecule has 1 aromatic carbocycles. The molecule has 0 saturated carbocycles. The highest BCUT2D eigenvalue weighted by molar-refractivity contribution is 7.99. The molecule has 0 bridgehead atoms. The third-order valence-electron chi connectivity index (χ3n) is 5.67. The summed E-state index contributed by atoms with van der Waals surface area (Å²) < 4.78 is 14.6. The number of nitrogens with zero attached hydrogens (tertiary/aromatic N) is 2. The van der Waals surface area contributed by atoms with Gasteiger partial charge in [-0.15, -0.1) is 17.9 Å². The van der Waals surface area contributed by atoms with Gasteiger partial charge in [-0.05, 0) is 54.9 Å². The van der Waals surface area contributed by atoms with Crippen molar-refractivity contribution >= 4 is 39.2 Å². The summed E-state index contributed by atoms with van der Waals surface area (Å²) in [6.07, 6.45) is 5.32. The predicted octanol–water partition coefficient (Wildman–Crippen LogP) is 4.36. The number of aryl methyl sites for hydroxylation is 1. The van der Waals surface area contributed by atoms with Gasteiger partial charge in [0.15, 0.2) is 5.16 Å². The van der Waals surface area contributed by atoms with Crippen LogP contribution in [0, 0.1) is 11.7 Å². The molecule has 0 saturated heterocycles. The molecule has 32 heavy (non-hydrogen) atoms. The summed E-state index contributed by atoms with van der Waals surface area (Å²) >= 11 is 2.88. The van der Waals surface area contributed by atoms with Gasteiger partial charge in [0, 0.05) is 18.0 Å². The fourth-order valence-electron chi connectivity index (χ4n) is 3.98. The Hall–Kier alpha value is -2.45. The molecule has 2 aromatic heterocycles. The molecule has 8 heteroatoms. The number of aromatic nitrogens is 2. The molecule has 5 nitrogen and oxygen atoms in total. The molecular formula is C24H26FN3O2S2. The Morgan fingerprint density at radius 2 is 2.19 bits per heavy atom. The number of allylic oxidation sites excluding steroid dienone is 1. The minimum atomic E-state index is -0.273. The Balaban J connectivity index is 1.46. The SMILES string of the molecule is C=CCn1c(SCC(=O)NCCc2ccc(F)cc2)nc2sc3c(c2c1=O)CCC(C)C3. The van der Waals surface area contributed by atoms with Crippen LogP contribution in [0.3, 0.4) is 0 Å². The van der Waals surface area contributed by atoms with Crippen LogP contribution < -0.4 is 10.9 Å². The lowest BCUT2D eigenvalue weighted by Crippen LogP contribution is -2.28. The van der Waals surface area contributed by atoms with Gasteiger partial charge in [0.1, 0.15) is 10.6 Å². The van der Waals surface area contributed by atoms with Gasteiger partial charge < -0.3 is 5.32 Å². The summed E-state index contributed by atoms with van der Waals surface area (Å²) in [5, 5.41) is 4.16. The minimum absolute atomic E-state index is 0.0406. The first-order valence-electron chi connectivity index (χ1n) is 10.8. The molecule has 0 aliphatic heterocycles. The van der Waals surface area contributed by atoms with Crippen LogP contribution in [0.5, 0.6) is 0 Å². The topological polar surface area (TPSA) is 64.0 Å². The number of carbonyl (C=O) groups is 1. The monoisotopic (exact) mass is 471 g/mol. The molecule has 168 valence electrons. The van der Waals surface area contributed by atoms with E-state index in [4.69, 9.17) is 4.98 Å². The summed E-state index contributed by atoms with van der Waals surface area (Å²) in [7, 11) is 0. The van der Waals surface area contributed by atoms with Gasteiger partial charge in [0.05, 0.1) is 11.1 Å². The zero-order chi connectivity index (χ0) is 22.7. The molecule has 1 aliphatic rings. The van der Waals surface area contributed by atoms with Crippen molar-refractivity contribution in [1.82, 2.24) is 14.9 Å². The van der Waals surface area contributed by atoms with Gasteiger partial charge in [-0.3, -0.25) is 14.2 Å². The van der Waals surface area contributed by atoms with Crippen LogP contribution in [0.25, 0.3) is 10.2 Å². The van der Waals surface area contributed by atoms with E-state index in [2.05, 4.69) is 18.8 Å². The summed E-state index contributed by atoms with van der Waals surface area (Å²) in [5.41, 5.74) is 2.08. The highest BCUT2D eigenvalue weighted by atomic mass is 32.2. The Kier molecular flexibility index (Phi) is 7.10. The van der Waals surface area contributed by atoms with Crippen molar-refractivity contribution in [2.75, 3.05) is 12.3 Å². The highest BCUT2D eigenvalue weighted by Crippen LogP contribution is 2.36. The lowest BCUT2D eigenvalue weighted by molar-refractivity contribution is -0.118. The Labute approximate surface area is 194 Å². The number of fused-ring (bicyclic) bond motifs is 3. The number of thioether (sulfide) groups is 1. The fraction of sp³-hybridized carbons (Fsp3) is 0.375. The van der Waals surface area contributed by atoms with Gasteiger partial charge in [-0.1, -0.05) is 36.9 Å². The van der Waals surface area contributed by atoms with Crippen molar-refractivity contribution in [3.8, 4) is 0 Å². The maximum absolute atomic E-state index is 13.3. The highest BCUT2D eigenvalue weighted by Gasteiger charge is 2.24. The average Bonchev–Trinajstić information content (AvgIpc) is 3.13. The van der Waals surface area contributed by atoms with E-state index in [0.717, 1.165) is 40.6 Å². The van der Waals surface area contributed by atoms with E-state index in [1.54, 1.807) is 34.1 Å². The van der Waals surface area contributed by atoms with E-state index < -0.39 is 0 Å². The van der Waals surface area contributed by atoms with Crippen molar-refractivity contribution < 1.29 is 9.18 Å². The summed E-state index contributed by atoms with van der Waals surface area (Å²) in [5.74, 6) is 0.389. The number of nitrogens with one attached hydrogen (secondary N) is 1. The zero-order valence-corrected chi connectivity index (χ0v) is 19.7. The van der Waals surface area contributed by atoms with Crippen molar-refractivity contribution in [2.24, 2.45) is 5.92 Å². The number of halogens is 1. The molecule has 1 amide bonds. The first kappa shape index (κ1) is 22.7. The van der Waals surface area contributed by atoms with E-state index in [-0.39, 0.29) is 23.0 Å². The Morgan fingerprint density at radius 1 is 1.41 bits per heavy atom. The zero-order valence-electron chi connectivity index (χ0n) is 18.0. The summed E-state index contributed by atoms with van der Waals surface area (Å²) in [6, 6.07) is 6.25. The number of hydrogen-bond donors (Lipinski definition) is 1. The van der Waals surface area contributed by atoms with E-state index >= 15 is 0 Å². The normalized spacial score (nSPS) is 15.5. The standard InChI is InChI=1S/C24H26FN3O2S2/c1-3-12-28-23(30)21-18-9-4-15(2)13-19(18)32-22(21)27-24(28)31-14-20(29)26-11-10-16-5-7-17(25)8-6-16/h3,5-8,15H,1,4,9-14H2,2H3,(H,26,29). The number of amides is 1. The summed E-state index contributed by atoms with van der Waals surface area (Å²) in [4.78, 5) is 32.5. The van der Waals surface area contributed by atoms with Gasteiger partial charge >= 0.3 is 0 Å². The van der Waals surface area contributed by atoms with Crippen LogP contribution in [0.15, 0.2) is 46.9 Å². The third-order valence-corrected chi connectivity index (χ3v) is 7.80. The second-order valence-corrected chi connectivity index (χ2v) is 10.2. The molecule has 0 fully saturated rings. The first-order valence-corrected chi connectivity index (χ1v) is 12.6. The maximum Gasteiger partial charge on any atom is 0.263 e. The van der Waals surface area contributed by atoms with Crippen LogP contribution in [0.4, 0.5) is 4.39 Å². The number of carbonyl (C=O) groups excluding carboxylic acids is 1. The summed E-state index contributed by atoms with van der Waals surface area (Å²) in [6.45, 7) is 6.84. The maximum atomic E-state index is 13.3. The quantitative estimate of drug-likeness (QED) is 0.301. The lowest BCUT2D eigenvalue weighted by atomic mass is 9.89. The van der Waals surface area contributed by atoms with Crippen molar-refractivity contribution in [3.05, 3.63) is 69.1 Å². The molecule has 3 aromatic rings. The van der Waals surface area contributed by atoms with Gasteiger partial charge in [-0.2, -0.15) is 0 Å². The van der Waals surface area contributed by atoms with Gasteiger partial charge in [0.25, 0.3) is 5.56 Å². The minimum Gasteiger partial charge on any atom is -0.355 e. The second kappa shape index (κ2) is 10.0. The van der Waals surface area contributed by atoms with Crippen LogP contribution >= 0.6 is 23.1 Å². The molecular weight excluding hydrogens is 445 g/mol. The Bertz CT molecular complexity index is 1200. The molecule has 1 aliphatic carbocycles. The molecule has 1 unspecified atom stereocenters. The van der Waals surface area contributed by atoms with Crippen LogP contribution in [-0.4, -0.2) is 27.8 Å². The Morgan fingerprint density at radius 3 is 2.94 bits per heavy atom. The van der Waals surface area contributed by atoms with Crippen LogP contribution in [-0.2, 0) is 30.6 Å². The third kappa shape index (κ3) is 4.96. The van der Waals surface area contributed by atoms with Gasteiger partial charge in [-0.25, -0.2) is 9.37 Å². The number of thiophene rings is 1. The number of benzene rings is 1. The molecule has 0 spiro atoms. The van der Waals surface area contributed by atoms with E-state index in [9.17, 15) is 14.0 Å². The molecule has 1 N–H and O–H groups in total. The van der Waals surface area contributed by atoms with Crippen molar-refractivity contribution in [1.29, 1.82) is 0 Å². The van der Waals surface area contributed by atoms with Crippen LogP contribution in [0.1, 0.15) is 29.3 Å². The van der Waals surface area contributed by atoms with Crippen molar-refractivity contribution in [2.45, 2.75) is 44.3 Å². The predicted molar refractivity (Wildman–Crippen MR) is 129 cm³/mol. The van der Waals surface area contributed by atoms with E-state index in [0.29, 0.717) is 30.6 Å². The molecule has 2 heterocycles. The van der Waals surface area contributed by atoms with Crippen LogP contribution in [0.2, 0.25) is 0 Å². The van der Waals surface area contributed by atoms with E-state index in [1.807, 2.05) is 0 Å². The smallest absolute Gasteiger partial charge is 0.263 e. The van der Waals surface area contributed by atoms with Crippen molar-refractivity contribution in [3.63, 3.8) is 0 Å². The average molecular weight is 472 g/mol.